The van der Waals surface area contributed by atoms with Crippen LogP contribution in [0.5, 0.6) is 46.0 Å². The van der Waals surface area contributed by atoms with Gasteiger partial charge < -0.3 is 53.1 Å². The third kappa shape index (κ3) is 7.69. The van der Waals surface area contributed by atoms with E-state index in [0.29, 0.717) is 80.6 Å². The monoisotopic (exact) mass is 725 g/mol. The number of hydrogen-bond donors (Lipinski definition) is 2. The maximum Gasteiger partial charge on any atom is 0.255 e. The smallest absolute Gasteiger partial charge is 0.255 e. The molecule has 0 fully saturated rings. The second-order valence-corrected chi connectivity index (χ2v) is 12.0. The van der Waals surface area contributed by atoms with Crippen molar-refractivity contribution in [2.24, 2.45) is 0 Å². The van der Waals surface area contributed by atoms with E-state index in [2.05, 4.69) is 22.7 Å². The Kier molecular flexibility index (Phi) is 11.3. The summed E-state index contributed by atoms with van der Waals surface area (Å²) in [6.07, 6.45) is 1.11. The highest BCUT2D eigenvalue weighted by Gasteiger charge is 2.27. The number of nitrogens with one attached hydrogen (secondary N) is 2. The molecule has 2 heterocycles. The number of anilines is 1. The number of ether oxygens (including phenoxy) is 8. The second-order valence-electron chi connectivity index (χ2n) is 12.0. The number of carbonyl (C=O) groups is 1. The Bertz CT molecular complexity index is 2010. The minimum absolute atomic E-state index is 0.159. The molecule has 1 aliphatic rings. The fraction of sp³-hybridized carbons (Fsp3) is 0.300. The molecule has 0 aliphatic carbocycles. The molecular weight excluding hydrogens is 682 g/mol. The lowest BCUT2D eigenvalue weighted by Gasteiger charge is -2.29. The minimum Gasteiger partial charge on any atom is -0.493 e. The van der Waals surface area contributed by atoms with Gasteiger partial charge in [-0.15, -0.1) is 0 Å². The number of fused-ring (bicyclic) bond motifs is 1. The molecule has 13 nitrogen and oxygen atoms in total. The van der Waals surface area contributed by atoms with Crippen molar-refractivity contribution < 1.29 is 47.2 Å². The first-order valence-corrected chi connectivity index (χ1v) is 17.1. The summed E-state index contributed by atoms with van der Waals surface area (Å²) >= 11 is 0. The first kappa shape index (κ1) is 36.5. The van der Waals surface area contributed by atoms with Crippen LogP contribution in [0.3, 0.4) is 0 Å². The zero-order valence-corrected chi connectivity index (χ0v) is 30.7. The topological polar surface area (TPSA) is 141 Å². The number of para-hydroxylation sites is 1. The number of hydrogen-bond acceptors (Lipinski definition) is 12. The quantitative estimate of drug-likeness (QED) is 0.0956. The van der Waals surface area contributed by atoms with E-state index in [-0.39, 0.29) is 5.91 Å². The van der Waals surface area contributed by atoms with Crippen LogP contribution in [0.25, 0.3) is 22.6 Å². The van der Waals surface area contributed by atoms with Gasteiger partial charge in [0.25, 0.3) is 5.91 Å². The van der Waals surface area contributed by atoms with Gasteiger partial charge in [0.15, 0.2) is 40.3 Å². The molecule has 4 aromatic carbocycles. The van der Waals surface area contributed by atoms with Crippen LogP contribution in [0.15, 0.2) is 77.3 Å². The predicted molar refractivity (Wildman–Crippen MR) is 198 cm³/mol. The normalized spacial score (nSPS) is 13.9. The van der Waals surface area contributed by atoms with Gasteiger partial charge in [0, 0.05) is 29.3 Å². The van der Waals surface area contributed by atoms with Crippen LogP contribution in [0.1, 0.15) is 48.3 Å². The summed E-state index contributed by atoms with van der Waals surface area (Å²) in [4.78, 5) is 12.8. The summed E-state index contributed by atoms with van der Waals surface area (Å²) in [6.45, 7) is 2.09. The molecule has 0 spiro atoms. The van der Waals surface area contributed by atoms with Crippen molar-refractivity contribution in [2.45, 2.75) is 38.6 Å². The van der Waals surface area contributed by atoms with Crippen molar-refractivity contribution >= 4 is 11.6 Å². The van der Waals surface area contributed by atoms with Crippen molar-refractivity contribution in [1.82, 2.24) is 10.5 Å². The lowest BCUT2D eigenvalue weighted by molar-refractivity contribution is -0.00721. The molecular formula is C40H43N3O10. The molecule has 0 saturated carbocycles. The van der Waals surface area contributed by atoms with Gasteiger partial charge in [-0.2, -0.15) is 0 Å². The van der Waals surface area contributed by atoms with E-state index in [9.17, 15) is 4.79 Å². The summed E-state index contributed by atoms with van der Waals surface area (Å²) in [6, 6.07) is 21.8. The van der Waals surface area contributed by atoms with E-state index in [0.717, 1.165) is 24.1 Å². The van der Waals surface area contributed by atoms with E-state index in [1.165, 1.54) is 0 Å². The third-order valence-corrected chi connectivity index (χ3v) is 8.78. The van der Waals surface area contributed by atoms with Gasteiger partial charge in [-0.1, -0.05) is 36.7 Å². The lowest BCUT2D eigenvalue weighted by atomic mass is 10.1. The highest BCUT2D eigenvalue weighted by Crippen LogP contribution is 2.45. The van der Waals surface area contributed by atoms with Crippen molar-refractivity contribution in [3.8, 4) is 68.6 Å². The van der Waals surface area contributed by atoms with E-state index in [1.54, 1.807) is 85.1 Å². The van der Waals surface area contributed by atoms with Gasteiger partial charge in [-0.05, 0) is 60.5 Å². The number of amides is 1. The van der Waals surface area contributed by atoms with Gasteiger partial charge in [0.1, 0.15) is 11.9 Å². The molecule has 1 aromatic heterocycles. The average Bonchev–Trinajstić information content (AvgIpc) is 3.70. The number of rotatable bonds is 16. The zero-order chi connectivity index (χ0) is 37.5. The Labute approximate surface area is 308 Å². The summed E-state index contributed by atoms with van der Waals surface area (Å²) in [5.74, 6) is 3.86. The van der Waals surface area contributed by atoms with Crippen molar-refractivity contribution in [2.75, 3.05) is 48.0 Å². The fourth-order valence-corrected chi connectivity index (χ4v) is 6.04. The molecule has 2 N–H and O–H groups in total. The Hall–Kier alpha value is -6.24. The molecule has 0 saturated heterocycles. The fourth-order valence-electron chi connectivity index (χ4n) is 6.04. The first-order valence-electron chi connectivity index (χ1n) is 17.1. The van der Waals surface area contributed by atoms with E-state index < -0.39 is 12.5 Å². The largest absolute Gasteiger partial charge is 0.493 e. The van der Waals surface area contributed by atoms with Crippen LogP contribution in [0.2, 0.25) is 0 Å². The number of nitrogens with zero attached hydrogens (tertiary/aromatic N) is 1. The molecule has 0 radical (unpaired) electrons. The van der Waals surface area contributed by atoms with Gasteiger partial charge in [0.2, 0.25) is 17.8 Å². The number of carbonyl (C=O) groups excluding carboxylic acids is 1. The highest BCUT2D eigenvalue weighted by atomic mass is 16.7. The summed E-state index contributed by atoms with van der Waals surface area (Å²) in [5.41, 5.74) is 4.04. The van der Waals surface area contributed by atoms with Crippen molar-refractivity contribution in [3.05, 3.63) is 83.9 Å². The molecule has 6 rings (SSSR count). The van der Waals surface area contributed by atoms with Gasteiger partial charge in [-0.3, -0.25) is 4.79 Å². The van der Waals surface area contributed by atoms with E-state index >= 15 is 0 Å². The molecule has 13 heteroatoms. The van der Waals surface area contributed by atoms with Crippen LogP contribution in [-0.2, 0) is 0 Å². The molecule has 0 bridgehead atoms. The molecule has 1 amide bonds. The maximum absolute atomic E-state index is 12.8. The summed E-state index contributed by atoms with van der Waals surface area (Å²) < 4.78 is 52.6. The molecule has 278 valence electrons. The summed E-state index contributed by atoms with van der Waals surface area (Å²) in [7, 11) is 9.32. The predicted octanol–water partition coefficient (Wildman–Crippen LogP) is 7.89. The van der Waals surface area contributed by atoms with Gasteiger partial charge in [-0.25, -0.2) is 0 Å². The van der Waals surface area contributed by atoms with Crippen LogP contribution < -0.4 is 48.5 Å². The molecule has 53 heavy (non-hydrogen) atoms. The van der Waals surface area contributed by atoms with Gasteiger partial charge >= 0.3 is 0 Å². The average molecular weight is 726 g/mol. The Morgan fingerprint density at radius 2 is 1.32 bits per heavy atom. The molecule has 2 atom stereocenters. The number of aromatic nitrogens is 1. The third-order valence-electron chi connectivity index (χ3n) is 8.78. The number of benzene rings is 4. The van der Waals surface area contributed by atoms with Gasteiger partial charge in [0.05, 0.1) is 48.2 Å². The maximum atomic E-state index is 12.8. The zero-order valence-electron chi connectivity index (χ0n) is 30.7. The molecule has 1 aliphatic heterocycles. The van der Waals surface area contributed by atoms with Crippen LogP contribution in [-0.4, -0.2) is 60.0 Å². The summed E-state index contributed by atoms with van der Waals surface area (Å²) in [5, 5.41) is 10.7. The Balaban J connectivity index is 1.26. The standard InChI is InChI=1S/C40H43N3O10/c1-8-9-14-36(51-29-16-15-23(17-31(29)45-2)39-41-27-13-11-10-12-26(27)40(44)42-39)52-38-34(48-5)20-25(21-35(38)49-6)30-22-28(43-53-30)24-18-32(46-3)37(50-7)33(19-24)47-4/h10-13,15-22,36,39,41H,8-9,14H2,1-7H3,(H,42,44). The Morgan fingerprint density at radius 1 is 0.679 bits per heavy atom. The SMILES string of the molecule is CCCCC(Oc1ccc(C2NC(=O)c3ccccc3N2)cc1OC)Oc1c(OC)cc(-c2cc(-c3cc(OC)c(OC)c(OC)c3)no2)cc1OC. The van der Waals surface area contributed by atoms with Crippen LogP contribution in [0.4, 0.5) is 5.69 Å². The van der Waals surface area contributed by atoms with Crippen LogP contribution in [0, 0.1) is 0 Å². The first-order chi connectivity index (χ1) is 25.8. The van der Waals surface area contributed by atoms with E-state index in [4.69, 9.17) is 42.4 Å². The highest BCUT2D eigenvalue weighted by molar-refractivity contribution is 6.01. The van der Waals surface area contributed by atoms with Crippen molar-refractivity contribution in [1.29, 1.82) is 0 Å². The minimum atomic E-state index is -0.736. The van der Waals surface area contributed by atoms with E-state index in [1.807, 2.05) is 30.3 Å². The molecule has 5 aromatic rings. The molecule has 2 unspecified atom stereocenters. The Morgan fingerprint density at radius 3 is 1.96 bits per heavy atom. The second kappa shape index (κ2) is 16.4. The van der Waals surface area contributed by atoms with Crippen LogP contribution >= 0.6 is 0 Å². The number of methoxy groups -OCH3 is 6. The lowest BCUT2D eigenvalue weighted by Crippen LogP contribution is -2.38. The number of unbranched alkanes of at least 4 members (excludes halogenated alkanes) is 1. The van der Waals surface area contributed by atoms with Crippen molar-refractivity contribution in [3.63, 3.8) is 0 Å².